The van der Waals surface area contributed by atoms with Crippen molar-refractivity contribution in [2.24, 2.45) is 0 Å². The van der Waals surface area contributed by atoms with Crippen LogP contribution in [0, 0.1) is 5.82 Å². The maximum absolute atomic E-state index is 13.1. The number of carbonyl (C=O) groups is 2. The average molecular weight is 410 g/mol. The zero-order valence-corrected chi connectivity index (χ0v) is 17.2. The number of amides is 2. The standard InChI is InChI=1S/C24H28FN3O2/c25-21-9-6-20(7-10-21)18-28-17-15-26-14-16-27(13-12-22(26)24(28)30)23(29)11-8-19-4-2-1-3-5-19/h1-7,9-10,22H,8,11-18H2. The second-order valence-electron chi connectivity index (χ2n) is 8.09. The zero-order valence-electron chi connectivity index (χ0n) is 17.2. The Morgan fingerprint density at radius 1 is 0.900 bits per heavy atom. The minimum atomic E-state index is -0.268. The van der Waals surface area contributed by atoms with E-state index in [2.05, 4.69) is 4.90 Å². The minimum Gasteiger partial charge on any atom is -0.341 e. The van der Waals surface area contributed by atoms with Crippen molar-refractivity contribution in [1.82, 2.24) is 14.7 Å². The van der Waals surface area contributed by atoms with Crippen molar-refractivity contribution < 1.29 is 14.0 Å². The van der Waals surface area contributed by atoms with Crippen molar-refractivity contribution >= 4 is 11.8 Å². The largest absolute Gasteiger partial charge is 0.341 e. The first-order valence-electron chi connectivity index (χ1n) is 10.7. The van der Waals surface area contributed by atoms with Gasteiger partial charge in [-0.15, -0.1) is 0 Å². The summed E-state index contributed by atoms with van der Waals surface area (Å²) in [5.74, 6) is 0.00848. The van der Waals surface area contributed by atoms with Gasteiger partial charge in [0, 0.05) is 45.7 Å². The molecule has 0 aromatic heterocycles. The summed E-state index contributed by atoms with van der Waals surface area (Å²) >= 11 is 0. The molecule has 2 aliphatic rings. The lowest BCUT2D eigenvalue weighted by Crippen LogP contribution is -2.56. The van der Waals surface area contributed by atoms with Crippen molar-refractivity contribution in [3.8, 4) is 0 Å². The number of benzene rings is 2. The lowest BCUT2D eigenvalue weighted by atomic mass is 10.1. The predicted molar refractivity (Wildman–Crippen MR) is 113 cm³/mol. The molecule has 1 atom stereocenters. The maximum Gasteiger partial charge on any atom is 0.240 e. The molecule has 30 heavy (non-hydrogen) atoms. The van der Waals surface area contributed by atoms with Gasteiger partial charge in [-0.05, 0) is 36.1 Å². The van der Waals surface area contributed by atoms with Crippen LogP contribution in [0.5, 0.6) is 0 Å². The molecule has 158 valence electrons. The first-order valence-corrected chi connectivity index (χ1v) is 10.7. The van der Waals surface area contributed by atoms with Crippen LogP contribution in [0.25, 0.3) is 0 Å². The van der Waals surface area contributed by atoms with E-state index < -0.39 is 0 Å². The van der Waals surface area contributed by atoms with Crippen LogP contribution in [0.2, 0.25) is 0 Å². The van der Waals surface area contributed by atoms with E-state index in [0.29, 0.717) is 39.0 Å². The number of hydrogen-bond donors (Lipinski definition) is 0. The summed E-state index contributed by atoms with van der Waals surface area (Å²) in [5.41, 5.74) is 2.11. The SMILES string of the molecule is O=C(CCc1ccccc1)N1CCC2C(=O)N(Cc3ccc(F)cc3)CCN2CC1. The van der Waals surface area contributed by atoms with Gasteiger partial charge in [0.15, 0.2) is 0 Å². The Morgan fingerprint density at radius 3 is 2.40 bits per heavy atom. The summed E-state index contributed by atoms with van der Waals surface area (Å²) in [7, 11) is 0. The molecule has 2 aliphatic heterocycles. The molecule has 0 radical (unpaired) electrons. The molecule has 2 fully saturated rings. The Balaban J connectivity index is 1.33. The van der Waals surface area contributed by atoms with E-state index in [-0.39, 0.29) is 23.7 Å². The Labute approximate surface area is 177 Å². The molecule has 1 unspecified atom stereocenters. The van der Waals surface area contributed by atoms with Crippen LogP contribution in [0.1, 0.15) is 24.0 Å². The topological polar surface area (TPSA) is 43.9 Å². The molecule has 0 spiro atoms. The third-order valence-electron chi connectivity index (χ3n) is 6.13. The monoisotopic (exact) mass is 409 g/mol. The number of fused-ring (bicyclic) bond motifs is 1. The molecule has 4 rings (SSSR count). The molecule has 0 N–H and O–H groups in total. The normalized spacial score (nSPS) is 20.0. The molecule has 0 bridgehead atoms. The van der Waals surface area contributed by atoms with Gasteiger partial charge in [0.2, 0.25) is 11.8 Å². The highest BCUT2D eigenvalue weighted by Crippen LogP contribution is 2.20. The highest BCUT2D eigenvalue weighted by Gasteiger charge is 2.37. The number of carbonyl (C=O) groups excluding carboxylic acids is 2. The van der Waals surface area contributed by atoms with Gasteiger partial charge >= 0.3 is 0 Å². The smallest absolute Gasteiger partial charge is 0.240 e. The number of rotatable bonds is 5. The molecule has 2 heterocycles. The van der Waals surface area contributed by atoms with E-state index in [9.17, 15) is 14.0 Å². The van der Waals surface area contributed by atoms with Crippen LogP contribution in [0.15, 0.2) is 54.6 Å². The van der Waals surface area contributed by atoms with Gasteiger partial charge in [-0.3, -0.25) is 14.5 Å². The summed E-state index contributed by atoms with van der Waals surface area (Å²) in [6.45, 7) is 4.00. The van der Waals surface area contributed by atoms with Crippen molar-refractivity contribution in [2.75, 3.05) is 32.7 Å². The van der Waals surface area contributed by atoms with E-state index in [1.54, 1.807) is 12.1 Å². The number of halogens is 1. The van der Waals surface area contributed by atoms with Crippen molar-refractivity contribution in [2.45, 2.75) is 31.8 Å². The highest BCUT2D eigenvalue weighted by molar-refractivity contribution is 5.83. The number of aryl methyl sites for hydroxylation is 1. The van der Waals surface area contributed by atoms with Crippen molar-refractivity contribution in [1.29, 1.82) is 0 Å². The summed E-state index contributed by atoms with van der Waals surface area (Å²) in [6, 6.07) is 16.2. The number of hydrogen-bond acceptors (Lipinski definition) is 3. The fourth-order valence-electron chi connectivity index (χ4n) is 4.37. The Bertz CT molecular complexity index is 872. The van der Waals surface area contributed by atoms with Gasteiger partial charge < -0.3 is 9.80 Å². The van der Waals surface area contributed by atoms with Crippen LogP contribution in [-0.2, 0) is 22.6 Å². The van der Waals surface area contributed by atoms with Crippen LogP contribution in [0.4, 0.5) is 4.39 Å². The average Bonchev–Trinajstić information content (AvgIpc) is 2.99. The quantitative estimate of drug-likeness (QED) is 0.763. The Morgan fingerprint density at radius 2 is 1.63 bits per heavy atom. The molecule has 6 heteroatoms. The minimum absolute atomic E-state index is 0.115. The summed E-state index contributed by atoms with van der Waals surface area (Å²) in [5, 5.41) is 0. The maximum atomic E-state index is 13.1. The van der Waals surface area contributed by atoms with Crippen molar-refractivity contribution in [3.63, 3.8) is 0 Å². The lowest BCUT2D eigenvalue weighted by Gasteiger charge is -2.39. The van der Waals surface area contributed by atoms with E-state index in [1.165, 1.54) is 17.7 Å². The van der Waals surface area contributed by atoms with Gasteiger partial charge in [-0.25, -0.2) is 4.39 Å². The second kappa shape index (κ2) is 9.39. The fraction of sp³-hybridized carbons (Fsp3) is 0.417. The van der Waals surface area contributed by atoms with Gasteiger partial charge in [-0.2, -0.15) is 0 Å². The lowest BCUT2D eigenvalue weighted by molar-refractivity contribution is -0.142. The molecule has 5 nitrogen and oxygen atoms in total. The molecule has 2 amide bonds. The van der Waals surface area contributed by atoms with Gasteiger partial charge in [0.05, 0.1) is 6.04 Å². The summed E-state index contributed by atoms with van der Waals surface area (Å²) in [6.07, 6.45) is 1.91. The Hall–Kier alpha value is -2.73. The van der Waals surface area contributed by atoms with Gasteiger partial charge in [0.1, 0.15) is 5.82 Å². The number of nitrogens with zero attached hydrogens (tertiary/aromatic N) is 3. The van der Waals surface area contributed by atoms with Crippen LogP contribution in [-0.4, -0.2) is 65.3 Å². The molecule has 0 aliphatic carbocycles. The van der Waals surface area contributed by atoms with Crippen molar-refractivity contribution in [3.05, 3.63) is 71.5 Å². The molecular weight excluding hydrogens is 381 g/mol. The van der Waals surface area contributed by atoms with Gasteiger partial charge in [0.25, 0.3) is 0 Å². The van der Waals surface area contributed by atoms with E-state index in [4.69, 9.17) is 0 Å². The molecule has 2 aromatic carbocycles. The van der Waals surface area contributed by atoms with E-state index >= 15 is 0 Å². The molecule has 2 saturated heterocycles. The fourth-order valence-corrected chi connectivity index (χ4v) is 4.37. The molecule has 2 aromatic rings. The van der Waals surface area contributed by atoms with Crippen LogP contribution in [0.3, 0.4) is 0 Å². The predicted octanol–water partition coefficient (Wildman–Crippen LogP) is 2.70. The van der Waals surface area contributed by atoms with E-state index in [1.807, 2.05) is 40.1 Å². The highest BCUT2D eigenvalue weighted by atomic mass is 19.1. The van der Waals surface area contributed by atoms with Gasteiger partial charge in [-0.1, -0.05) is 42.5 Å². The van der Waals surface area contributed by atoms with Crippen LogP contribution < -0.4 is 0 Å². The third-order valence-corrected chi connectivity index (χ3v) is 6.13. The zero-order chi connectivity index (χ0) is 20.9. The second-order valence-corrected chi connectivity index (χ2v) is 8.09. The van der Waals surface area contributed by atoms with E-state index in [0.717, 1.165) is 25.1 Å². The Kier molecular flexibility index (Phi) is 6.43. The molecule has 0 saturated carbocycles. The first kappa shape index (κ1) is 20.5. The summed E-state index contributed by atoms with van der Waals surface area (Å²) in [4.78, 5) is 31.8. The molecular formula is C24H28FN3O2. The summed E-state index contributed by atoms with van der Waals surface area (Å²) < 4.78 is 13.1. The third kappa shape index (κ3) is 4.87. The van der Waals surface area contributed by atoms with Crippen LogP contribution >= 0.6 is 0 Å². The number of piperazine rings is 1. The first-order chi connectivity index (χ1) is 14.6.